The van der Waals surface area contributed by atoms with Crippen LogP contribution in [0.2, 0.25) is 0 Å². The van der Waals surface area contributed by atoms with Crippen LogP contribution in [-0.4, -0.2) is 49.0 Å². The molecule has 10 heteroatoms. The van der Waals surface area contributed by atoms with Crippen molar-refractivity contribution in [2.45, 2.75) is 57.5 Å². The highest BCUT2D eigenvalue weighted by Gasteiger charge is 2.23. The van der Waals surface area contributed by atoms with E-state index in [9.17, 15) is 19.2 Å². The Morgan fingerprint density at radius 1 is 0.839 bits per heavy atom. The molecule has 0 aromatic heterocycles. The van der Waals surface area contributed by atoms with Gasteiger partial charge in [-0.25, -0.2) is 9.59 Å². The molecular formula is C21H30N6O4. The molecule has 2 heterocycles. The van der Waals surface area contributed by atoms with Gasteiger partial charge >= 0.3 is 12.1 Å². The topological polar surface area (TPSA) is 140 Å². The first kappa shape index (κ1) is 22.4. The second-order valence-corrected chi connectivity index (χ2v) is 7.91. The smallest absolute Gasteiger partial charge is 0.319 e. The van der Waals surface area contributed by atoms with Crippen molar-refractivity contribution in [3.63, 3.8) is 0 Å². The fourth-order valence-electron chi connectivity index (χ4n) is 3.63. The zero-order valence-electron chi connectivity index (χ0n) is 17.7. The third kappa shape index (κ3) is 6.59. The van der Waals surface area contributed by atoms with Gasteiger partial charge in [-0.3, -0.25) is 9.59 Å². The Labute approximate surface area is 181 Å². The average Bonchev–Trinajstić information content (AvgIpc) is 3.05. The van der Waals surface area contributed by atoms with Crippen molar-refractivity contribution in [1.82, 2.24) is 21.3 Å². The lowest BCUT2D eigenvalue weighted by molar-refractivity contribution is -0.123. The van der Waals surface area contributed by atoms with Crippen molar-refractivity contribution in [3.05, 3.63) is 23.8 Å². The molecule has 0 aliphatic carbocycles. The molecule has 10 nitrogen and oxygen atoms in total. The number of amides is 6. The fourth-order valence-corrected chi connectivity index (χ4v) is 3.63. The molecule has 168 valence electrons. The lowest BCUT2D eigenvalue weighted by Crippen LogP contribution is -2.47. The van der Waals surface area contributed by atoms with Gasteiger partial charge in [0.15, 0.2) is 0 Å². The molecule has 0 bridgehead atoms. The molecule has 1 aromatic rings. The van der Waals surface area contributed by atoms with E-state index in [1.807, 2.05) is 6.92 Å². The predicted octanol–water partition coefficient (Wildman–Crippen LogP) is 1.58. The van der Waals surface area contributed by atoms with Crippen LogP contribution in [0.4, 0.5) is 21.0 Å². The summed E-state index contributed by atoms with van der Waals surface area (Å²) in [4.78, 5) is 48.8. The van der Waals surface area contributed by atoms with Crippen LogP contribution in [0.5, 0.6) is 0 Å². The lowest BCUT2D eigenvalue weighted by Gasteiger charge is -2.18. The molecule has 2 aliphatic rings. The van der Waals surface area contributed by atoms with Crippen LogP contribution in [0.25, 0.3) is 0 Å². The first-order valence-corrected chi connectivity index (χ1v) is 10.7. The van der Waals surface area contributed by atoms with E-state index in [4.69, 9.17) is 0 Å². The number of hydrogen-bond acceptors (Lipinski definition) is 4. The van der Waals surface area contributed by atoms with Gasteiger partial charge < -0.3 is 31.9 Å². The first-order chi connectivity index (χ1) is 14.9. The monoisotopic (exact) mass is 430 g/mol. The third-order valence-corrected chi connectivity index (χ3v) is 5.42. The zero-order chi connectivity index (χ0) is 22.2. The van der Waals surface area contributed by atoms with Crippen LogP contribution < -0.4 is 31.9 Å². The fraction of sp³-hybridized carbons (Fsp3) is 0.524. The normalized spacial score (nSPS) is 21.6. The summed E-state index contributed by atoms with van der Waals surface area (Å²) in [5, 5.41) is 16.4. The first-order valence-electron chi connectivity index (χ1n) is 10.7. The highest BCUT2D eigenvalue weighted by Crippen LogP contribution is 2.20. The summed E-state index contributed by atoms with van der Waals surface area (Å²) < 4.78 is 0. The van der Waals surface area contributed by atoms with E-state index in [0.29, 0.717) is 37.3 Å². The number of benzene rings is 1. The van der Waals surface area contributed by atoms with E-state index < -0.39 is 24.1 Å². The number of anilines is 2. The van der Waals surface area contributed by atoms with Crippen LogP contribution in [-0.2, 0) is 9.59 Å². The quantitative estimate of drug-likeness (QED) is 0.431. The molecule has 1 aromatic carbocycles. The van der Waals surface area contributed by atoms with Gasteiger partial charge in [0.1, 0.15) is 12.1 Å². The van der Waals surface area contributed by atoms with Crippen molar-refractivity contribution in [3.8, 4) is 0 Å². The number of urea groups is 2. The van der Waals surface area contributed by atoms with E-state index in [2.05, 4.69) is 31.9 Å². The van der Waals surface area contributed by atoms with Crippen molar-refractivity contribution in [1.29, 1.82) is 0 Å². The third-order valence-electron chi connectivity index (χ3n) is 5.42. The Hall–Kier alpha value is -3.30. The number of hydrogen-bond donors (Lipinski definition) is 6. The maximum absolute atomic E-state index is 12.4. The Balaban J connectivity index is 1.57. The number of nitrogens with one attached hydrogen (secondary N) is 6. The highest BCUT2D eigenvalue weighted by molar-refractivity contribution is 5.97. The molecule has 3 rings (SSSR count). The van der Waals surface area contributed by atoms with E-state index in [1.54, 1.807) is 18.2 Å². The summed E-state index contributed by atoms with van der Waals surface area (Å²) in [7, 11) is 0. The standard InChI is InChI=1S/C21H30N6O4/c1-13-8-9-14(24-20(30)25-15-6-2-4-10-22-18(15)28)12-17(13)27-21(31)26-16-7-3-5-11-23-19(16)29/h8-9,12,15-16H,2-7,10-11H2,1H3,(H,22,28)(H,23,29)(H2,24,25,30)(H2,26,27,31)/t15-,16+/m1/s1. The van der Waals surface area contributed by atoms with Crippen LogP contribution in [0.3, 0.4) is 0 Å². The molecule has 6 N–H and O–H groups in total. The Kier molecular flexibility index (Phi) is 7.69. The molecule has 31 heavy (non-hydrogen) atoms. The maximum Gasteiger partial charge on any atom is 0.319 e. The Bertz CT molecular complexity index is 843. The minimum Gasteiger partial charge on any atom is -0.354 e. The zero-order valence-corrected chi connectivity index (χ0v) is 17.7. The Morgan fingerprint density at radius 3 is 1.97 bits per heavy atom. The number of rotatable bonds is 4. The summed E-state index contributed by atoms with van der Waals surface area (Å²) in [5.41, 5.74) is 1.78. The van der Waals surface area contributed by atoms with Gasteiger partial charge in [0.2, 0.25) is 11.8 Å². The molecule has 0 radical (unpaired) electrons. The largest absolute Gasteiger partial charge is 0.354 e. The number of carbonyl (C=O) groups is 4. The van der Waals surface area contributed by atoms with Crippen LogP contribution in [0.15, 0.2) is 18.2 Å². The van der Waals surface area contributed by atoms with E-state index in [-0.39, 0.29) is 11.8 Å². The van der Waals surface area contributed by atoms with Gasteiger partial charge in [-0.15, -0.1) is 0 Å². The summed E-state index contributed by atoms with van der Waals surface area (Å²) in [6, 6.07) is 3.00. The number of carbonyl (C=O) groups excluding carboxylic acids is 4. The van der Waals surface area contributed by atoms with Gasteiger partial charge in [-0.1, -0.05) is 6.07 Å². The van der Waals surface area contributed by atoms with Gasteiger partial charge in [-0.05, 0) is 63.1 Å². The van der Waals surface area contributed by atoms with E-state index in [1.165, 1.54) is 0 Å². The SMILES string of the molecule is Cc1ccc(NC(=O)N[C@@H]2CCCCNC2=O)cc1NC(=O)N[C@H]1CCCCNC1=O. The number of aryl methyl sites for hydroxylation is 1. The molecule has 6 amide bonds. The van der Waals surface area contributed by atoms with Gasteiger partial charge in [0, 0.05) is 24.5 Å². The van der Waals surface area contributed by atoms with Crippen molar-refractivity contribution in [2.24, 2.45) is 0 Å². The van der Waals surface area contributed by atoms with E-state index in [0.717, 1.165) is 31.2 Å². The highest BCUT2D eigenvalue weighted by atomic mass is 16.2. The summed E-state index contributed by atoms with van der Waals surface area (Å²) in [5.74, 6) is -0.364. The van der Waals surface area contributed by atoms with Crippen LogP contribution >= 0.6 is 0 Å². The van der Waals surface area contributed by atoms with Gasteiger partial charge in [-0.2, -0.15) is 0 Å². The average molecular weight is 431 g/mol. The van der Waals surface area contributed by atoms with Crippen molar-refractivity contribution in [2.75, 3.05) is 23.7 Å². The molecule has 0 unspecified atom stereocenters. The van der Waals surface area contributed by atoms with E-state index >= 15 is 0 Å². The van der Waals surface area contributed by atoms with Crippen LogP contribution in [0, 0.1) is 6.92 Å². The lowest BCUT2D eigenvalue weighted by atomic mass is 10.1. The minimum atomic E-state index is -0.569. The second-order valence-electron chi connectivity index (χ2n) is 7.91. The van der Waals surface area contributed by atoms with Crippen molar-refractivity contribution < 1.29 is 19.2 Å². The van der Waals surface area contributed by atoms with Crippen LogP contribution in [0.1, 0.15) is 44.1 Å². The maximum atomic E-state index is 12.4. The second kappa shape index (κ2) is 10.6. The van der Waals surface area contributed by atoms with Gasteiger partial charge in [0.25, 0.3) is 0 Å². The molecule has 2 aliphatic heterocycles. The molecule has 0 spiro atoms. The van der Waals surface area contributed by atoms with Gasteiger partial charge in [0.05, 0.1) is 0 Å². The molecule has 2 fully saturated rings. The summed E-state index contributed by atoms with van der Waals surface area (Å²) in [6.45, 7) is 3.07. The molecule has 2 saturated heterocycles. The minimum absolute atomic E-state index is 0.181. The van der Waals surface area contributed by atoms with Crippen molar-refractivity contribution >= 4 is 35.3 Å². The Morgan fingerprint density at radius 2 is 1.39 bits per heavy atom. The molecule has 0 saturated carbocycles. The predicted molar refractivity (Wildman–Crippen MR) is 117 cm³/mol. The molecule has 2 atom stereocenters. The molecular weight excluding hydrogens is 400 g/mol. The summed E-state index contributed by atoms with van der Waals surface area (Å²) in [6.07, 6.45) is 4.68. The summed E-state index contributed by atoms with van der Waals surface area (Å²) >= 11 is 0.